The third-order valence-corrected chi connectivity index (χ3v) is 2.55. The first-order valence-corrected chi connectivity index (χ1v) is 7.21. The Hall–Kier alpha value is -2.61. The number of aliphatic carboxylic acids is 2. The van der Waals surface area contributed by atoms with Crippen molar-refractivity contribution in [3.8, 4) is 0 Å². The molecule has 0 unspecified atom stereocenters. The van der Waals surface area contributed by atoms with Crippen LogP contribution in [0.3, 0.4) is 0 Å². The molecule has 0 aliphatic carbocycles. The van der Waals surface area contributed by atoms with E-state index in [9.17, 15) is 59.4 Å². The minimum absolute atomic E-state index is 0. The molecule has 0 saturated carbocycles. The first kappa shape index (κ1) is 83.4. The Balaban J connectivity index is -0.0000000241. The standard InChI is InChI=1S/2C5H4N2O4.C4H6O4.2Dy.10H2O/c2*8-4(9)2-1-3(5(10)11)7-6-2;5-3(6)1-2-4(7)8;;;;;;;;;;;;/h2*1H,(H,6,7)(H,8,9)(H,10,11);1-2H2,(H,5,6)(H,7,8);;;10*1H2/q;;;2*+3;;;;;;;;;;/p-6. The Kier molecular flexibility index (Phi) is 85.0. The minimum Gasteiger partial charge on any atom is -0.550 e. The average Bonchev–Trinajstić information content (AvgIpc) is 3.31. The van der Waals surface area contributed by atoms with Gasteiger partial charge in [-0.25, -0.2) is 0 Å². The Morgan fingerprint density at radius 3 is 0.786 bits per heavy atom. The van der Waals surface area contributed by atoms with Crippen LogP contribution in [0.2, 0.25) is 0 Å². The fraction of sp³-hybridized carbons (Fsp3) is 0.143. The second-order valence-electron chi connectivity index (χ2n) is 4.73. The fourth-order valence-electron chi connectivity index (χ4n) is 1.27. The Morgan fingerprint density at radius 1 is 0.476 bits per heavy atom. The number of aromatic carboxylic acids is 4. The van der Waals surface area contributed by atoms with Crippen LogP contribution in [0.25, 0.3) is 0 Å². The summed E-state index contributed by atoms with van der Waals surface area (Å²) in [7, 11) is 0. The molecule has 0 aliphatic heterocycles. The molecule has 0 fully saturated rings. The van der Waals surface area contributed by atoms with Crippen molar-refractivity contribution in [3.05, 3.63) is 34.9 Å². The van der Waals surface area contributed by atoms with Crippen molar-refractivity contribution in [2.45, 2.75) is 12.8 Å². The van der Waals surface area contributed by atoms with Crippen molar-refractivity contribution in [3.63, 3.8) is 0 Å². The van der Waals surface area contributed by atoms with Crippen molar-refractivity contribution >= 4 is 35.8 Å². The van der Waals surface area contributed by atoms with Gasteiger partial charge in [0.1, 0.15) is 11.4 Å². The molecular weight excluding hydrogens is 901 g/mol. The molecule has 0 spiro atoms. The van der Waals surface area contributed by atoms with Crippen LogP contribution in [0.15, 0.2) is 12.1 Å². The molecule has 2 radical (unpaired) electrons. The maximum atomic E-state index is 10.0. The minimum atomic E-state index is -1.53. The van der Waals surface area contributed by atoms with Gasteiger partial charge in [-0.1, -0.05) is 0 Å². The van der Waals surface area contributed by atoms with Gasteiger partial charge in [0.05, 0.1) is 35.3 Å². The number of rotatable bonds is 7. The summed E-state index contributed by atoms with van der Waals surface area (Å²) in [6.07, 6.45) is -0.940. The molecule has 42 heavy (non-hydrogen) atoms. The number of carboxylic acids is 6. The molecule has 0 amide bonds. The molecule has 2 heterocycles. The van der Waals surface area contributed by atoms with Crippen molar-refractivity contribution in [2.75, 3.05) is 0 Å². The first-order chi connectivity index (χ1) is 13.8. The van der Waals surface area contributed by atoms with Crippen LogP contribution in [0, 0.1) is 76.3 Å². The monoisotopic (exact) mass is 932 g/mol. The molecule has 2 aromatic rings. The molecule has 0 aromatic carbocycles. The van der Waals surface area contributed by atoms with E-state index in [1.54, 1.807) is 0 Å². The summed E-state index contributed by atoms with van der Waals surface area (Å²) in [5, 5.41) is 69.3. The Labute approximate surface area is 292 Å². The van der Waals surface area contributed by atoms with Gasteiger partial charge in [0.25, 0.3) is 0 Å². The van der Waals surface area contributed by atoms with E-state index in [0.717, 1.165) is 12.1 Å². The maximum absolute atomic E-state index is 10.0. The van der Waals surface area contributed by atoms with Gasteiger partial charge in [0.2, 0.25) is 0 Å². The summed E-state index contributed by atoms with van der Waals surface area (Å²) in [6.45, 7) is 0. The zero-order valence-corrected chi connectivity index (χ0v) is 24.1. The van der Waals surface area contributed by atoms with Gasteiger partial charge in [-0.3, -0.25) is 10.2 Å². The Bertz CT molecular complexity index is 833. The second kappa shape index (κ2) is 42.8. The quantitative estimate of drug-likeness (QED) is 0.261. The van der Waals surface area contributed by atoms with Gasteiger partial charge in [-0.2, -0.15) is 10.2 Å². The number of H-pyrrole nitrogens is 2. The predicted molar refractivity (Wildman–Crippen MR) is 110 cm³/mol. The van der Waals surface area contributed by atoms with Crippen LogP contribution in [0.5, 0.6) is 0 Å². The van der Waals surface area contributed by atoms with Gasteiger partial charge in [0.15, 0.2) is 0 Å². The van der Waals surface area contributed by atoms with Crippen LogP contribution in [0.4, 0.5) is 0 Å². The molecular formula is C14H28Dy2N4O22. The van der Waals surface area contributed by atoms with Gasteiger partial charge < -0.3 is 114 Å². The second-order valence-corrected chi connectivity index (χ2v) is 4.73. The number of carboxylic acid groups (broad SMARTS) is 6. The van der Waals surface area contributed by atoms with Gasteiger partial charge in [-0.15, -0.1) is 0 Å². The first-order valence-electron chi connectivity index (χ1n) is 7.21. The molecule has 0 bridgehead atoms. The number of carbonyl (C=O) groups is 6. The fourth-order valence-corrected chi connectivity index (χ4v) is 1.27. The molecule has 0 saturated heterocycles. The third-order valence-electron chi connectivity index (χ3n) is 2.55. The topological polar surface area (TPSA) is 613 Å². The molecule has 2 rings (SSSR count). The summed E-state index contributed by atoms with van der Waals surface area (Å²) < 4.78 is 0. The summed E-state index contributed by atoms with van der Waals surface area (Å²) in [6, 6.07) is 1.65. The van der Waals surface area contributed by atoms with Crippen molar-refractivity contribution in [1.82, 2.24) is 20.4 Å². The van der Waals surface area contributed by atoms with Crippen molar-refractivity contribution in [1.29, 1.82) is 0 Å². The van der Waals surface area contributed by atoms with Crippen LogP contribution < -0.4 is 30.6 Å². The predicted octanol–water partition coefficient (Wildman–Crippen LogP) is -16.7. The van der Waals surface area contributed by atoms with E-state index in [2.05, 4.69) is 10.2 Å². The van der Waals surface area contributed by atoms with E-state index in [1.807, 2.05) is 10.2 Å². The molecule has 28 heteroatoms. The number of hydrogen-bond donors (Lipinski definition) is 2. The molecule has 0 aliphatic rings. The maximum Gasteiger partial charge on any atom is 3.00 e. The SMILES string of the molecule is O.O.O.O.O.O.O.O.O.O.O=C([O-])CCC(=O)[O-].O=C([O-])c1cc(C(=O)[O-])[nH]n1.O=C([O-])c1cc(C(=O)[O-])[nH]n1.[Dy+3].[Dy+3]. The van der Waals surface area contributed by atoms with E-state index in [-0.39, 0.29) is 142 Å². The van der Waals surface area contributed by atoms with Crippen molar-refractivity contribution < 1.29 is 191 Å². The summed E-state index contributed by atoms with van der Waals surface area (Å²) in [5.74, 6) is -8.82. The van der Waals surface area contributed by atoms with E-state index in [0.29, 0.717) is 0 Å². The summed E-state index contributed by atoms with van der Waals surface area (Å²) in [5.41, 5.74) is -1.68. The number of hydrogen-bond acceptors (Lipinski definition) is 14. The zero-order valence-electron chi connectivity index (χ0n) is 20.0. The number of aromatic nitrogens is 4. The number of nitrogens with one attached hydrogen (secondary N) is 2. The largest absolute Gasteiger partial charge is 3.00 e. The van der Waals surface area contributed by atoms with Gasteiger partial charge in [-0.05, 0) is 25.0 Å². The van der Waals surface area contributed by atoms with Crippen LogP contribution in [0.1, 0.15) is 54.8 Å². The number of aromatic amines is 2. The summed E-state index contributed by atoms with van der Waals surface area (Å²) in [4.78, 5) is 59.1. The van der Waals surface area contributed by atoms with E-state index in [1.165, 1.54) is 0 Å². The van der Waals surface area contributed by atoms with Crippen LogP contribution in [-0.4, -0.2) is 111 Å². The molecule has 2 aromatic heterocycles. The third kappa shape index (κ3) is 37.4. The van der Waals surface area contributed by atoms with E-state index >= 15 is 0 Å². The van der Waals surface area contributed by atoms with Crippen LogP contribution in [-0.2, 0) is 9.59 Å². The van der Waals surface area contributed by atoms with E-state index in [4.69, 9.17) is 0 Å². The molecule has 26 nitrogen and oxygen atoms in total. The average molecular weight is 929 g/mol. The zero-order chi connectivity index (χ0) is 23.4. The molecule has 0 atom stereocenters. The molecule has 256 valence electrons. The van der Waals surface area contributed by atoms with E-state index < -0.39 is 60.0 Å². The Morgan fingerprint density at radius 2 is 0.690 bits per heavy atom. The van der Waals surface area contributed by atoms with Crippen LogP contribution >= 0.6 is 0 Å². The van der Waals surface area contributed by atoms with Gasteiger partial charge >= 0.3 is 76.3 Å². The van der Waals surface area contributed by atoms with Crippen molar-refractivity contribution in [2.24, 2.45) is 0 Å². The number of nitrogens with zero attached hydrogens (tertiary/aromatic N) is 2. The number of carbonyl (C=O) groups excluding carboxylic acids is 6. The summed E-state index contributed by atoms with van der Waals surface area (Å²) >= 11 is 0. The normalized spacial score (nSPS) is 6.57. The smallest absolute Gasteiger partial charge is 0.550 e. The molecule has 22 N–H and O–H groups in total. The van der Waals surface area contributed by atoms with Gasteiger partial charge in [0, 0.05) is 11.9 Å².